The number of nitrogens with two attached hydrogens (primary N) is 1. The van der Waals surface area contributed by atoms with E-state index in [2.05, 4.69) is 0 Å². The Morgan fingerprint density at radius 2 is 1.62 bits per heavy atom. The van der Waals surface area contributed by atoms with Gasteiger partial charge >= 0.3 is 0 Å². The molecule has 0 radical (unpaired) electrons. The van der Waals surface area contributed by atoms with Gasteiger partial charge in [-0.15, -0.1) is 0 Å². The third-order valence-corrected chi connectivity index (χ3v) is 5.65. The number of amides is 1. The van der Waals surface area contributed by atoms with Gasteiger partial charge in [0.2, 0.25) is 5.91 Å². The first-order valence-electron chi connectivity index (χ1n) is 7.91. The van der Waals surface area contributed by atoms with E-state index in [0.717, 1.165) is 27.4 Å². The number of halogens is 3. The predicted molar refractivity (Wildman–Crippen MR) is 109 cm³/mol. The minimum Gasteiger partial charge on any atom is -0.366 e. The summed E-state index contributed by atoms with van der Waals surface area (Å²) in [6, 6.07) is 16.6. The fourth-order valence-corrected chi connectivity index (χ4v) is 4.03. The van der Waals surface area contributed by atoms with E-state index < -0.39 is 5.91 Å². The molecular weight excluding hydrogens is 391 g/mol. The van der Waals surface area contributed by atoms with Crippen molar-refractivity contribution >= 4 is 62.5 Å². The van der Waals surface area contributed by atoms with Crippen LogP contribution in [-0.4, -0.2) is 10.5 Å². The normalized spacial score (nSPS) is 11.3. The van der Waals surface area contributed by atoms with Gasteiger partial charge in [-0.3, -0.25) is 4.79 Å². The standard InChI is InChI=1S/C20H13Cl3N2O/c21-14-7-1-4-11(18(14)23)10-25-16-9-3-6-13(20(24)26)17(16)12-5-2-8-15(22)19(12)25/h1-9H,10H2,(H2,24,26). The van der Waals surface area contributed by atoms with Crippen LogP contribution in [0.2, 0.25) is 15.1 Å². The third-order valence-electron chi connectivity index (χ3n) is 4.48. The van der Waals surface area contributed by atoms with Crippen LogP contribution in [0.3, 0.4) is 0 Å². The molecule has 0 fully saturated rings. The molecule has 2 N–H and O–H groups in total. The van der Waals surface area contributed by atoms with Crippen molar-refractivity contribution in [2.45, 2.75) is 6.54 Å². The number of benzene rings is 3. The van der Waals surface area contributed by atoms with Gasteiger partial charge in [0.25, 0.3) is 0 Å². The van der Waals surface area contributed by atoms with Crippen LogP contribution in [0.4, 0.5) is 0 Å². The van der Waals surface area contributed by atoms with E-state index in [4.69, 9.17) is 40.5 Å². The molecular formula is C20H13Cl3N2O. The number of fused-ring (bicyclic) bond motifs is 3. The van der Waals surface area contributed by atoms with Crippen LogP contribution in [0.15, 0.2) is 54.6 Å². The summed E-state index contributed by atoms with van der Waals surface area (Å²) in [5, 5.41) is 3.25. The fourth-order valence-electron chi connectivity index (χ4n) is 3.37. The summed E-state index contributed by atoms with van der Waals surface area (Å²) < 4.78 is 2.04. The molecule has 0 bridgehead atoms. The molecule has 0 saturated carbocycles. The van der Waals surface area contributed by atoms with E-state index in [9.17, 15) is 4.79 Å². The van der Waals surface area contributed by atoms with Gasteiger partial charge in [-0.2, -0.15) is 0 Å². The number of aromatic nitrogens is 1. The highest BCUT2D eigenvalue weighted by molar-refractivity contribution is 6.42. The minimum absolute atomic E-state index is 0.464. The van der Waals surface area contributed by atoms with Gasteiger partial charge in [0.1, 0.15) is 0 Å². The molecule has 0 saturated heterocycles. The van der Waals surface area contributed by atoms with Crippen LogP contribution in [-0.2, 0) is 6.54 Å². The Morgan fingerprint density at radius 3 is 2.38 bits per heavy atom. The Hall–Kier alpha value is -2.20. The molecule has 0 aliphatic carbocycles. The lowest BCUT2D eigenvalue weighted by Gasteiger charge is -2.11. The van der Waals surface area contributed by atoms with Crippen LogP contribution >= 0.6 is 34.8 Å². The summed E-state index contributed by atoms with van der Waals surface area (Å²) >= 11 is 19.0. The molecule has 0 unspecified atom stereocenters. The van der Waals surface area contributed by atoms with E-state index in [1.807, 2.05) is 47.0 Å². The van der Waals surface area contributed by atoms with Crippen LogP contribution in [0, 0.1) is 0 Å². The Balaban J connectivity index is 2.09. The number of para-hydroxylation sites is 1. The zero-order valence-electron chi connectivity index (χ0n) is 13.5. The van der Waals surface area contributed by atoms with Crippen LogP contribution in [0.1, 0.15) is 15.9 Å². The quantitative estimate of drug-likeness (QED) is 0.455. The highest BCUT2D eigenvalue weighted by atomic mass is 35.5. The van der Waals surface area contributed by atoms with Crippen molar-refractivity contribution in [1.82, 2.24) is 4.57 Å². The van der Waals surface area contributed by atoms with Crippen molar-refractivity contribution < 1.29 is 4.79 Å². The monoisotopic (exact) mass is 402 g/mol. The predicted octanol–water partition coefficient (Wildman–Crippen LogP) is 5.90. The summed E-state index contributed by atoms with van der Waals surface area (Å²) in [6.07, 6.45) is 0. The van der Waals surface area contributed by atoms with Crippen LogP contribution in [0.5, 0.6) is 0 Å². The number of carbonyl (C=O) groups excluding carboxylic acids is 1. The lowest BCUT2D eigenvalue weighted by molar-refractivity contribution is 0.100. The Bertz CT molecular complexity index is 1180. The van der Waals surface area contributed by atoms with Gasteiger partial charge in [0, 0.05) is 22.9 Å². The molecule has 130 valence electrons. The molecule has 0 spiro atoms. The van der Waals surface area contributed by atoms with Crippen LogP contribution < -0.4 is 5.73 Å². The van der Waals surface area contributed by atoms with Crippen molar-refractivity contribution in [1.29, 1.82) is 0 Å². The summed E-state index contributed by atoms with van der Waals surface area (Å²) in [5.41, 5.74) is 8.61. The van der Waals surface area contributed by atoms with E-state index in [1.165, 1.54) is 0 Å². The number of hydrogen-bond acceptors (Lipinski definition) is 1. The first-order chi connectivity index (χ1) is 12.5. The molecule has 0 atom stereocenters. The van der Waals surface area contributed by atoms with E-state index in [-0.39, 0.29) is 0 Å². The highest BCUT2D eigenvalue weighted by Crippen LogP contribution is 2.37. The molecule has 0 aliphatic rings. The van der Waals surface area contributed by atoms with Crippen molar-refractivity contribution in [3.05, 3.63) is 80.8 Å². The molecule has 0 aliphatic heterocycles. The SMILES string of the molecule is NC(=O)c1cccc2c1c1cccc(Cl)c1n2Cc1cccc(Cl)c1Cl. The zero-order valence-corrected chi connectivity index (χ0v) is 15.7. The average Bonchev–Trinajstić information content (AvgIpc) is 2.94. The molecule has 1 amide bonds. The third kappa shape index (κ3) is 2.64. The second kappa shape index (κ2) is 6.51. The van der Waals surface area contributed by atoms with Gasteiger partial charge in [0.15, 0.2) is 0 Å². The smallest absolute Gasteiger partial charge is 0.249 e. The minimum atomic E-state index is -0.476. The van der Waals surface area contributed by atoms with Gasteiger partial charge in [-0.05, 0) is 29.8 Å². The molecule has 3 aromatic carbocycles. The van der Waals surface area contributed by atoms with E-state index in [1.54, 1.807) is 12.1 Å². The average molecular weight is 404 g/mol. The molecule has 1 heterocycles. The van der Waals surface area contributed by atoms with Crippen LogP contribution in [0.25, 0.3) is 21.8 Å². The zero-order chi connectivity index (χ0) is 18.4. The van der Waals surface area contributed by atoms with Crippen molar-refractivity contribution in [2.75, 3.05) is 0 Å². The second-order valence-electron chi connectivity index (χ2n) is 6.00. The Morgan fingerprint density at radius 1 is 0.923 bits per heavy atom. The Kier molecular flexibility index (Phi) is 4.31. The summed E-state index contributed by atoms with van der Waals surface area (Å²) in [5.74, 6) is -0.476. The van der Waals surface area contributed by atoms with Gasteiger partial charge in [-0.25, -0.2) is 0 Å². The number of primary amides is 1. The largest absolute Gasteiger partial charge is 0.366 e. The molecule has 4 rings (SSSR count). The molecule has 3 nitrogen and oxygen atoms in total. The first-order valence-corrected chi connectivity index (χ1v) is 9.04. The number of rotatable bonds is 3. The fraction of sp³-hybridized carbons (Fsp3) is 0.0500. The molecule has 26 heavy (non-hydrogen) atoms. The molecule has 4 aromatic rings. The summed E-state index contributed by atoms with van der Waals surface area (Å²) in [7, 11) is 0. The number of carbonyl (C=O) groups is 1. The molecule has 6 heteroatoms. The summed E-state index contributed by atoms with van der Waals surface area (Å²) in [4.78, 5) is 12.0. The van der Waals surface area contributed by atoms with E-state index >= 15 is 0 Å². The maximum atomic E-state index is 12.0. The number of nitrogens with zero attached hydrogens (tertiary/aromatic N) is 1. The lowest BCUT2D eigenvalue weighted by atomic mass is 10.1. The van der Waals surface area contributed by atoms with Crippen molar-refractivity contribution in [3.8, 4) is 0 Å². The van der Waals surface area contributed by atoms with Crippen molar-refractivity contribution in [3.63, 3.8) is 0 Å². The highest BCUT2D eigenvalue weighted by Gasteiger charge is 2.19. The number of hydrogen-bond donors (Lipinski definition) is 1. The van der Waals surface area contributed by atoms with Crippen molar-refractivity contribution in [2.24, 2.45) is 5.73 Å². The van der Waals surface area contributed by atoms with Gasteiger partial charge in [0.05, 0.1) is 26.1 Å². The first kappa shape index (κ1) is 17.2. The maximum Gasteiger partial charge on any atom is 0.249 e. The van der Waals surface area contributed by atoms with Gasteiger partial charge < -0.3 is 10.3 Å². The van der Waals surface area contributed by atoms with E-state index in [0.29, 0.717) is 27.2 Å². The summed E-state index contributed by atoms with van der Waals surface area (Å²) in [6.45, 7) is 0.464. The second-order valence-corrected chi connectivity index (χ2v) is 7.19. The molecule has 1 aromatic heterocycles. The maximum absolute atomic E-state index is 12.0. The Labute approximate surface area is 164 Å². The lowest BCUT2D eigenvalue weighted by Crippen LogP contribution is -2.11. The topological polar surface area (TPSA) is 48.0 Å². The van der Waals surface area contributed by atoms with Gasteiger partial charge in [-0.1, -0.05) is 65.1 Å².